The van der Waals surface area contributed by atoms with Gasteiger partial charge in [0.2, 0.25) is 5.90 Å². The molecule has 4 nitrogen and oxygen atoms in total. The maximum atomic E-state index is 9.97. The first-order valence-electron chi connectivity index (χ1n) is 5.15. The van der Waals surface area contributed by atoms with E-state index in [0.29, 0.717) is 18.1 Å². The van der Waals surface area contributed by atoms with Crippen LogP contribution in [0, 0.1) is 5.41 Å². The molecule has 0 amide bonds. The van der Waals surface area contributed by atoms with Crippen LogP contribution in [0.1, 0.15) is 4.88 Å². The molecule has 1 heterocycles. The summed E-state index contributed by atoms with van der Waals surface area (Å²) in [6.45, 7) is 0.733. The Labute approximate surface area is 103 Å². The molecule has 2 aromatic rings. The van der Waals surface area contributed by atoms with Gasteiger partial charge in [-0.15, -0.1) is 11.3 Å². The third-order valence-electron chi connectivity index (χ3n) is 2.31. The van der Waals surface area contributed by atoms with Gasteiger partial charge in [0, 0.05) is 17.2 Å². The van der Waals surface area contributed by atoms with Crippen molar-refractivity contribution < 1.29 is 14.6 Å². The Kier molecular flexibility index (Phi) is 3.61. The Bertz CT molecular complexity index is 536. The lowest BCUT2D eigenvalue weighted by molar-refractivity contribution is 0.141. The summed E-state index contributed by atoms with van der Waals surface area (Å²) in [4.78, 5) is 0.460. The molecule has 0 atom stereocenters. The van der Waals surface area contributed by atoms with Crippen molar-refractivity contribution in [2.24, 2.45) is 0 Å². The zero-order chi connectivity index (χ0) is 12.3. The monoisotopic (exact) mass is 251 g/mol. The van der Waals surface area contributed by atoms with Crippen molar-refractivity contribution >= 4 is 27.3 Å². The average Bonchev–Trinajstić information content (AvgIpc) is 2.68. The molecule has 2 rings (SSSR count). The summed E-state index contributed by atoms with van der Waals surface area (Å²) >= 11 is 1.35. The Balaban J connectivity index is 2.23. The van der Waals surface area contributed by atoms with Crippen LogP contribution < -0.4 is 0 Å². The van der Waals surface area contributed by atoms with Crippen LogP contribution in [0.25, 0.3) is 10.1 Å². The molecule has 0 saturated heterocycles. The van der Waals surface area contributed by atoms with Gasteiger partial charge in [-0.2, -0.15) is 0 Å². The van der Waals surface area contributed by atoms with Crippen LogP contribution >= 0.6 is 11.3 Å². The molecule has 0 aliphatic rings. The lowest BCUT2D eigenvalue weighted by atomic mass is 10.2. The number of hydrogen-bond donors (Lipinski definition) is 2. The molecule has 0 aliphatic carbocycles. The van der Waals surface area contributed by atoms with Crippen molar-refractivity contribution in [3.63, 3.8) is 0 Å². The summed E-state index contributed by atoms with van der Waals surface area (Å²) in [5.74, 6) is 0.105. The minimum atomic E-state index is -0.0132. The van der Waals surface area contributed by atoms with E-state index >= 15 is 0 Å². The molecule has 0 fully saturated rings. The third-order valence-corrected chi connectivity index (χ3v) is 3.47. The van der Waals surface area contributed by atoms with Crippen molar-refractivity contribution in [3.8, 4) is 5.75 Å². The fraction of sp³-hybridized carbons (Fsp3) is 0.250. The molecule has 0 bridgehead atoms. The van der Waals surface area contributed by atoms with Crippen molar-refractivity contribution in [2.75, 3.05) is 20.3 Å². The zero-order valence-corrected chi connectivity index (χ0v) is 10.2. The number of aromatic hydroxyl groups is 1. The van der Waals surface area contributed by atoms with E-state index in [1.807, 2.05) is 24.3 Å². The number of hydrogen-bond acceptors (Lipinski definition) is 5. The van der Waals surface area contributed by atoms with E-state index < -0.39 is 0 Å². The fourth-order valence-corrected chi connectivity index (χ4v) is 2.48. The Hall–Kier alpha value is -1.59. The van der Waals surface area contributed by atoms with E-state index in [1.54, 1.807) is 7.11 Å². The van der Waals surface area contributed by atoms with Crippen LogP contribution in [-0.4, -0.2) is 31.3 Å². The molecule has 17 heavy (non-hydrogen) atoms. The van der Waals surface area contributed by atoms with Crippen molar-refractivity contribution in [1.82, 2.24) is 0 Å². The highest BCUT2D eigenvalue weighted by molar-refractivity contribution is 7.21. The molecular weight excluding hydrogens is 238 g/mol. The largest absolute Gasteiger partial charge is 0.506 e. The van der Waals surface area contributed by atoms with Gasteiger partial charge in [-0.1, -0.05) is 12.1 Å². The average molecular weight is 251 g/mol. The topological polar surface area (TPSA) is 62.5 Å². The molecule has 2 N–H and O–H groups in total. The van der Waals surface area contributed by atoms with Gasteiger partial charge in [0.05, 0.1) is 6.61 Å². The van der Waals surface area contributed by atoms with Crippen LogP contribution in [0.5, 0.6) is 5.75 Å². The molecule has 1 aromatic heterocycles. The maximum absolute atomic E-state index is 9.97. The predicted molar refractivity (Wildman–Crippen MR) is 68.1 cm³/mol. The molecule has 90 valence electrons. The van der Waals surface area contributed by atoms with Gasteiger partial charge in [0.15, 0.2) is 0 Å². The Morgan fingerprint density at radius 2 is 2.12 bits per heavy atom. The summed E-state index contributed by atoms with van der Waals surface area (Å²) in [5, 5.41) is 18.5. The Morgan fingerprint density at radius 1 is 1.35 bits per heavy atom. The van der Waals surface area contributed by atoms with Gasteiger partial charge in [0.1, 0.15) is 17.2 Å². The van der Waals surface area contributed by atoms with Gasteiger partial charge in [-0.25, -0.2) is 0 Å². The third kappa shape index (κ3) is 2.40. The van der Waals surface area contributed by atoms with Crippen LogP contribution in [0.4, 0.5) is 0 Å². The number of nitrogens with one attached hydrogen (secondary N) is 1. The summed E-state index contributed by atoms with van der Waals surface area (Å²) in [6, 6.07) is 7.49. The number of ether oxygens (including phenoxy) is 2. The zero-order valence-electron chi connectivity index (χ0n) is 9.40. The number of thiophene rings is 1. The second kappa shape index (κ2) is 5.16. The van der Waals surface area contributed by atoms with Crippen LogP contribution in [0.3, 0.4) is 0 Å². The predicted octanol–water partition coefficient (Wildman–Crippen LogP) is 2.60. The lowest BCUT2D eigenvalue weighted by Crippen LogP contribution is -2.08. The first-order chi connectivity index (χ1) is 8.24. The molecule has 0 spiro atoms. The normalized spacial score (nSPS) is 10.6. The summed E-state index contributed by atoms with van der Waals surface area (Å²) < 4.78 is 11.0. The van der Waals surface area contributed by atoms with Crippen molar-refractivity contribution in [3.05, 3.63) is 29.1 Å². The highest BCUT2D eigenvalue weighted by atomic mass is 32.1. The van der Waals surface area contributed by atoms with Gasteiger partial charge in [-0.05, 0) is 12.1 Å². The molecule has 0 aliphatic heterocycles. The molecule has 0 radical (unpaired) electrons. The van der Waals surface area contributed by atoms with Gasteiger partial charge in [-0.3, -0.25) is 5.41 Å². The molecule has 0 unspecified atom stereocenters. The fourth-order valence-electron chi connectivity index (χ4n) is 1.48. The van der Waals surface area contributed by atoms with Crippen LogP contribution in [0.15, 0.2) is 24.3 Å². The number of fused-ring (bicyclic) bond motifs is 1. The van der Waals surface area contributed by atoms with Crippen molar-refractivity contribution in [2.45, 2.75) is 0 Å². The van der Waals surface area contributed by atoms with E-state index in [2.05, 4.69) is 0 Å². The SMILES string of the molecule is COCCOC(=N)c1sc2ccccc2c1O. The summed E-state index contributed by atoms with van der Waals surface area (Å²) in [7, 11) is 1.57. The molecular formula is C12H13NO3S. The smallest absolute Gasteiger partial charge is 0.227 e. The van der Waals surface area contributed by atoms with Crippen LogP contribution in [0.2, 0.25) is 0 Å². The Morgan fingerprint density at radius 3 is 2.82 bits per heavy atom. The number of methoxy groups -OCH3 is 1. The van der Waals surface area contributed by atoms with Gasteiger partial charge in [0.25, 0.3) is 0 Å². The van der Waals surface area contributed by atoms with Crippen LogP contribution in [-0.2, 0) is 9.47 Å². The molecule has 1 aromatic carbocycles. The highest BCUT2D eigenvalue weighted by Crippen LogP contribution is 2.36. The molecule has 5 heteroatoms. The lowest BCUT2D eigenvalue weighted by Gasteiger charge is -2.04. The second-order valence-electron chi connectivity index (χ2n) is 3.45. The number of rotatable bonds is 4. The first-order valence-corrected chi connectivity index (χ1v) is 5.97. The number of benzene rings is 1. The summed E-state index contributed by atoms with van der Waals surface area (Å²) in [6.07, 6.45) is 0. The van der Waals surface area contributed by atoms with E-state index in [0.717, 1.165) is 10.1 Å². The van der Waals surface area contributed by atoms with E-state index in [-0.39, 0.29) is 11.6 Å². The van der Waals surface area contributed by atoms with Gasteiger partial charge < -0.3 is 14.6 Å². The molecule has 0 saturated carbocycles. The maximum Gasteiger partial charge on any atom is 0.227 e. The minimum Gasteiger partial charge on any atom is -0.506 e. The minimum absolute atomic E-state index is 0.0132. The first kappa shape index (κ1) is 11.9. The van der Waals surface area contributed by atoms with E-state index in [1.165, 1.54) is 11.3 Å². The summed E-state index contributed by atoms with van der Waals surface area (Å²) in [5.41, 5.74) is 0. The van der Waals surface area contributed by atoms with Gasteiger partial charge >= 0.3 is 0 Å². The second-order valence-corrected chi connectivity index (χ2v) is 4.50. The van der Waals surface area contributed by atoms with Crippen molar-refractivity contribution in [1.29, 1.82) is 5.41 Å². The standard InChI is InChI=1S/C12H13NO3S/c1-15-6-7-16-12(13)11-10(14)8-4-2-3-5-9(8)17-11/h2-5,13-14H,6-7H2,1H3. The van der Waals surface area contributed by atoms with E-state index in [4.69, 9.17) is 14.9 Å². The highest BCUT2D eigenvalue weighted by Gasteiger charge is 2.15. The quantitative estimate of drug-likeness (QED) is 0.499. The van der Waals surface area contributed by atoms with E-state index in [9.17, 15) is 5.11 Å².